The third-order valence-electron chi connectivity index (χ3n) is 6.40. The van der Waals surface area contributed by atoms with Gasteiger partial charge in [-0.15, -0.1) is 11.3 Å². The van der Waals surface area contributed by atoms with Gasteiger partial charge in [-0.2, -0.15) is 5.26 Å². The molecule has 200 valence electrons. The average molecular weight is 535 g/mol. The molecule has 0 aromatic carbocycles. The number of carbonyl (C=O) groups is 1. The van der Waals surface area contributed by atoms with Gasteiger partial charge in [0.1, 0.15) is 22.3 Å². The number of rotatable bonds is 10. The van der Waals surface area contributed by atoms with Gasteiger partial charge in [0.05, 0.1) is 23.7 Å². The van der Waals surface area contributed by atoms with Crippen molar-refractivity contribution in [3.8, 4) is 22.7 Å². The van der Waals surface area contributed by atoms with E-state index in [1.807, 2.05) is 24.3 Å². The van der Waals surface area contributed by atoms with Crippen LogP contribution >= 0.6 is 11.3 Å². The Morgan fingerprint density at radius 1 is 1.32 bits per heavy atom. The molecule has 0 radical (unpaired) electrons. The fourth-order valence-electron chi connectivity index (χ4n) is 4.42. The van der Waals surface area contributed by atoms with Crippen LogP contribution in [0, 0.1) is 17.2 Å². The zero-order valence-corrected chi connectivity index (χ0v) is 22.9. The molecule has 4 heterocycles. The Labute approximate surface area is 227 Å². The molecular formula is C27H34N8O2S. The van der Waals surface area contributed by atoms with Gasteiger partial charge in [0.15, 0.2) is 0 Å². The monoisotopic (exact) mass is 534 g/mol. The molecule has 1 aliphatic heterocycles. The summed E-state index contributed by atoms with van der Waals surface area (Å²) in [4.78, 5) is 32.2. The van der Waals surface area contributed by atoms with Crippen molar-refractivity contribution in [3.63, 3.8) is 0 Å². The molecule has 3 aromatic rings. The summed E-state index contributed by atoms with van der Waals surface area (Å²) in [6.45, 7) is 6.24. The summed E-state index contributed by atoms with van der Waals surface area (Å²) in [5.41, 5.74) is 8.46. The first-order valence-corrected chi connectivity index (χ1v) is 13.6. The van der Waals surface area contributed by atoms with Gasteiger partial charge in [-0.1, -0.05) is 6.07 Å². The number of hydrogen-bond donors (Lipinski definition) is 2. The number of anilines is 1. The van der Waals surface area contributed by atoms with Crippen LogP contribution in [0.1, 0.15) is 46.4 Å². The summed E-state index contributed by atoms with van der Waals surface area (Å²) < 4.78 is 5.40. The maximum Gasteiger partial charge on any atom is 0.270 e. The number of thiazole rings is 1. The number of ether oxygens (including phenoxy) is 1. The Bertz CT molecular complexity index is 1280. The van der Waals surface area contributed by atoms with Crippen LogP contribution in [0.25, 0.3) is 10.7 Å². The number of amides is 1. The number of nitrogens with two attached hydrogens (primary N) is 1. The number of nitrogens with zero attached hydrogens (tertiary/aromatic N) is 6. The fraction of sp³-hybridized carbons (Fsp3) is 0.444. The summed E-state index contributed by atoms with van der Waals surface area (Å²) in [6, 6.07) is 9.32. The first kappa shape index (κ1) is 27.4. The summed E-state index contributed by atoms with van der Waals surface area (Å²) >= 11 is 1.72. The molecule has 1 saturated heterocycles. The van der Waals surface area contributed by atoms with Crippen molar-refractivity contribution >= 4 is 22.9 Å². The summed E-state index contributed by atoms with van der Waals surface area (Å²) in [5.74, 6) is 0.157. The van der Waals surface area contributed by atoms with Crippen LogP contribution in [0.5, 0.6) is 5.88 Å². The third-order valence-corrected chi connectivity index (χ3v) is 7.50. The number of nitrogens with one attached hydrogen (secondary N) is 1. The quantitative estimate of drug-likeness (QED) is 0.402. The molecule has 4 rings (SSSR count). The second-order valence-electron chi connectivity index (χ2n) is 9.59. The van der Waals surface area contributed by atoms with Crippen molar-refractivity contribution in [1.29, 1.82) is 5.26 Å². The number of nitrogen functional groups attached to an aromatic ring is 1. The lowest BCUT2D eigenvalue weighted by molar-refractivity contribution is 0.0929. The molecule has 1 aliphatic rings. The normalized spacial score (nSPS) is 14.4. The summed E-state index contributed by atoms with van der Waals surface area (Å²) in [5, 5.41) is 13.2. The second-order valence-corrected chi connectivity index (χ2v) is 10.7. The highest BCUT2D eigenvalue weighted by Crippen LogP contribution is 2.30. The Morgan fingerprint density at radius 3 is 2.76 bits per heavy atom. The van der Waals surface area contributed by atoms with Crippen LogP contribution < -0.4 is 15.8 Å². The van der Waals surface area contributed by atoms with E-state index in [1.54, 1.807) is 24.5 Å². The SMILES string of the molecule is CCOc1nc(C(=O)NCC2CCN(Cc3sc(-c4ccccn4)nc3CN(C)C)CC2)cc(N)c1C#N. The summed E-state index contributed by atoms with van der Waals surface area (Å²) in [6.07, 6.45) is 3.78. The molecule has 10 nitrogen and oxygen atoms in total. The van der Waals surface area contributed by atoms with Crippen LogP contribution in [0.2, 0.25) is 0 Å². The van der Waals surface area contributed by atoms with E-state index >= 15 is 0 Å². The van der Waals surface area contributed by atoms with Crippen molar-refractivity contribution in [2.24, 2.45) is 5.92 Å². The van der Waals surface area contributed by atoms with Crippen molar-refractivity contribution in [2.75, 3.05) is 46.1 Å². The highest BCUT2D eigenvalue weighted by Gasteiger charge is 2.23. The molecule has 11 heteroatoms. The predicted octanol–water partition coefficient (Wildman–Crippen LogP) is 3.16. The minimum absolute atomic E-state index is 0.0939. The minimum atomic E-state index is -0.315. The molecule has 0 bridgehead atoms. The Balaban J connectivity index is 1.33. The van der Waals surface area contributed by atoms with Crippen LogP contribution in [0.3, 0.4) is 0 Å². The Morgan fingerprint density at radius 2 is 2.11 bits per heavy atom. The average Bonchev–Trinajstić information content (AvgIpc) is 3.30. The van der Waals surface area contributed by atoms with E-state index in [0.29, 0.717) is 19.1 Å². The van der Waals surface area contributed by atoms with Gasteiger partial charge >= 0.3 is 0 Å². The number of nitriles is 1. The minimum Gasteiger partial charge on any atom is -0.477 e. The second kappa shape index (κ2) is 12.8. The predicted molar refractivity (Wildman–Crippen MR) is 148 cm³/mol. The van der Waals surface area contributed by atoms with E-state index in [1.165, 1.54) is 10.9 Å². The first-order chi connectivity index (χ1) is 18.4. The maximum absolute atomic E-state index is 12.8. The highest BCUT2D eigenvalue weighted by molar-refractivity contribution is 7.15. The molecule has 0 aliphatic carbocycles. The van der Waals surface area contributed by atoms with E-state index < -0.39 is 0 Å². The van der Waals surface area contributed by atoms with Gasteiger partial charge in [-0.25, -0.2) is 9.97 Å². The van der Waals surface area contributed by atoms with Gasteiger partial charge < -0.3 is 20.7 Å². The van der Waals surface area contributed by atoms with Crippen molar-refractivity contribution < 1.29 is 9.53 Å². The van der Waals surface area contributed by atoms with Gasteiger partial charge in [-0.05, 0) is 71.1 Å². The lowest BCUT2D eigenvalue weighted by atomic mass is 9.96. The summed E-state index contributed by atoms with van der Waals surface area (Å²) in [7, 11) is 4.12. The third kappa shape index (κ3) is 6.83. The lowest BCUT2D eigenvalue weighted by Crippen LogP contribution is -2.38. The molecule has 3 aromatic heterocycles. The Kier molecular flexibility index (Phi) is 9.23. The molecule has 0 unspecified atom stereocenters. The zero-order chi connectivity index (χ0) is 27.1. The van der Waals surface area contributed by atoms with Gasteiger partial charge in [-0.3, -0.25) is 14.7 Å². The van der Waals surface area contributed by atoms with E-state index in [4.69, 9.17) is 15.5 Å². The van der Waals surface area contributed by atoms with Gasteiger partial charge in [0.2, 0.25) is 5.88 Å². The molecular weight excluding hydrogens is 500 g/mol. The Hall–Kier alpha value is -3.59. The number of aromatic nitrogens is 3. The standard InChI is InChI=1S/C27H34N8O2S/c1-4-37-26-19(14-28)20(29)13-22(32-26)25(36)31-15-18-8-11-35(12-9-18)17-24-23(16-34(2)3)33-27(38-24)21-7-5-6-10-30-21/h5-7,10,13,18H,4,8-9,11-12,15-17H2,1-3H3,(H2,29,32)(H,31,36). The van der Waals surface area contributed by atoms with Crippen LogP contribution in [0.15, 0.2) is 30.5 Å². The van der Waals surface area contributed by atoms with Gasteiger partial charge in [0.25, 0.3) is 5.91 Å². The van der Waals surface area contributed by atoms with Crippen LogP contribution in [-0.2, 0) is 13.1 Å². The molecule has 0 spiro atoms. The number of pyridine rings is 2. The molecule has 3 N–H and O–H groups in total. The number of hydrogen-bond acceptors (Lipinski definition) is 10. The number of piperidine rings is 1. The van der Waals surface area contributed by atoms with E-state index in [9.17, 15) is 10.1 Å². The number of carbonyl (C=O) groups excluding carboxylic acids is 1. The van der Waals surface area contributed by atoms with Crippen molar-refractivity contribution in [3.05, 3.63) is 52.3 Å². The smallest absolute Gasteiger partial charge is 0.270 e. The fourth-order valence-corrected chi connectivity index (χ4v) is 5.51. The lowest BCUT2D eigenvalue weighted by Gasteiger charge is -2.31. The highest BCUT2D eigenvalue weighted by atomic mass is 32.1. The van der Waals surface area contributed by atoms with Crippen LogP contribution in [0.4, 0.5) is 5.69 Å². The number of likely N-dealkylation sites (tertiary alicyclic amines) is 1. The first-order valence-electron chi connectivity index (χ1n) is 12.8. The largest absolute Gasteiger partial charge is 0.477 e. The van der Waals surface area contributed by atoms with E-state index in [-0.39, 0.29) is 28.7 Å². The molecule has 0 atom stereocenters. The zero-order valence-electron chi connectivity index (χ0n) is 22.1. The topological polar surface area (TPSA) is 133 Å². The van der Waals surface area contributed by atoms with Crippen molar-refractivity contribution in [2.45, 2.75) is 32.9 Å². The van der Waals surface area contributed by atoms with E-state index in [2.05, 4.69) is 39.2 Å². The molecule has 1 fully saturated rings. The molecule has 1 amide bonds. The van der Waals surface area contributed by atoms with Gasteiger partial charge in [0, 0.05) is 30.7 Å². The van der Waals surface area contributed by atoms with Crippen LogP contribution in [-0.4, -0.2) is 71.0 Å². The molecule has 38 heavy (non-hydrogen) atoms. The molecule has 0 saturated carbocycles. The van der Waals surface area contributed by atoms with Crippen molar-refractivity contribution in [1.82, 2.24) is 30.1 Å². The maximum atomic E-state index is 12.8. The van der Waals surface area contributed by atoms with E-state index in [0.717, 1.165) is 55.4 Å².